The van der Waals surface area contributed by atoms with Crippen LogP contribution in [0.1, 0.15) is 21.5 Å². The van der Waals surface area contributed by atoms with Crippen LogP contribution < -0.4 is 5.32 Å². The van der Waals surface area contributed by atoms with E-state index >= 15 is 0 Å². The number of benzene rings is 2. The van der Waals surface area contributed by atoms with Crippen LogP contribution in [0.25, 0.3) is 5.69 Å². The number of nitro benzene ring substituents is 1. The van der Waals surface area contributed by atoms with Crippen LogP contribution in [0.4, 0.5) is 5.69 Å². The molecule has 0 aliphatic heterocycles. The number of nitrogens with zero attached hydrogens (tertiary/aromatic N) is 6. The van der Waals surface area contributed by atoms with Gasteiger partial charge >= 0.3 is 0 Å². The molecular weight excluding hydrogens is 386 g/mol. The number of hydrogen-bond donors (Lipinski definition) is 1. The van der Waals surface area contributed by atoms with Crippen molar-refractivity contribution in [2.45, 2.75) is 13.1 Å². The largest absolute Gasteiger partial charge is 0.348 e. The molecule has 0 atom stereocenters. The Labute approximate surface area is 171 Å². The summed E-state index contributed by atoms with van der Waals surface area (Å²) in [6, 6.07) is 12.1. The van der Waals surface area contributed by atoms with Gasteiger partial charge < -0.3 is 9.88 Å². The van der Waals surface area contributed by atoms with Gasteiger partial charge in [-0.05, 0) is 23.3 Å². The molecule has 0 aliphatic carbocycles. The van der Waals surface area contributed by atoms with Crippen molar-refractivity contribution < 1.29 is 9.72 Å². The van der Waals surface area contributed by atoms with E-state index in [0.717, 1.165) is 11.1 Å². The summed E-state index contributed by atoms with van der Waals surface area (Å²) in [6.45, 7) is 0.916. The molecule has 150 valence electrons. The zero-order valence-corrected chi connectivity index (χ0v) is 15.8. The Bertz CT molecular complexity index is 1150. The number of amides is 1. The number of nitro groups is 1. The van der Waals surface area contributed by atoms with E-state index in [1.165, 1.54) is 35.6 Å². The molecule has 0 aliphatic rings. The maximum absolute atomic E-state index is 12.5. The number of hydrogen-bond acceptors (Lipinski definition) is 6. The monoisotopic (exact) mass is 403 g/mol. The molecule has 0 bridgehead atoms. The van der Waals surface area contributed by atoms with E-state index in [-0.39, 0.29) is 17.2 Å². The molecule has 0 radical (unpaired) electrons. The maximum Gasteiger partial charge on any atom is 0.294 e. The van der Waals surface area contributed by atoms with Crippen LogP contribution >= 0.6 is 0 Å². The van der Waals surface area contributed by atoms with Gasteiger partial charge in [0.05, 0.1) is 17.8 Å². The Kier molecular flexibility index (Phi) is 5.29. The summed E-state index contributed by atoms with van der Waals surface area (Å²) in [4.78, 5) is 31.2. The fraction of sp³-hybridized carbons (Fsp3) is 0.100. The molecule has 0 unspecified atom stereocenters. The minimum atomic E-state index is -0.514. The summed E-state index contributed by atoms with van der Waals surface area (Å²) in [7, 11) is 0. The van der Waals surface area contributed by atoms with Crippen LogP contribution in [-0.2, 0) is 13.1 Å². The first-order valence-corrected chi connectivity index (χ1v) is 9.05. The average molecular weight is 403 g/mol. The second-order valence-electron chi connectivity index (χ2n) is 6.52. The van der Waals surface area contributed by atoms with Crippen molar-refractivity contribution >= 4 is 11.6 Å². The van der Waals surface area contributed by atoms with Gasteiger partial charge in [0.2, 0.25) is 0 Å². The number of carbonyl (C=O) groups excluding carboxylic acids is 1. The van der Waals surface area contributed by atoms with Gasteiger partial charge in [-0.1, -0.05) is 24.3 Å². The third-order valence-electron chi connectivity index (χ3n) is 4.50. The Hall–Kier alpha value is -4.34. The summed E-state index contributed by atoms with van der Waals surface area (Å²) in [5.74, 6) is -0.387. The first-order chi connectivity index (χ1) is 14.6. The van der Waals surface area contributed by atoms with Crippen LogP contribution in [-0.4, -0.2) is 35.1 Å². The highest BCUT2D eigenvalue weighted by molar-refractivity contribution is 5.95. The average Bonchev–Trinajstić information content (AvgIpc) is 3.47. The molecule has 10 nitrogen and oxygen atoms in total. The third-order valence-corrected chi connectivity index (χ3v) is 4.50. The number of rotatable bonds is 7. The number of nitrogens with one attached hydrogen (secondary N) is 1. The molecule has 0 spiro atoms. The van der Waals surface area contributed by atoms with Crippen LogP contribution in [0.2, 0.25) is 0 Å². The highest BCUT2D eigenvalue weighted by Crippen LogP contribution is 2.24. The Morgan fingerprint density at radius 1 is 1.07 bits per heavy atom. The van der Waals surface area contributed by atoms with Crippen molar-refractivity contribution in [3.8, 4) is 5.69 Å². The molecule has 30 heavy (non-hydrogen) atoms. The van der Waals surface area contributed by atoms with Crippen LogP contribution in [0, 0.1) is 10.1 Å². The third kappa shape index (κ3) is 4.22. The molecule has 0 fully saturated rings. The number of aromatic nitrogens is 5. The Balaban J connectivity index is 1.42. The van der Waals surface area contributed by atoms with Crippen LogP contribution in [0.3, 0.4) is 0 Å². The predicted molar refractivity (Wildman–Crippen MR) is 107 cm³/mol. The molecule has 1 amide bonds. The van der Waals surface area contributed by atoms with Gasteiger partial charge in [0, 0.05) is 30.6 Å². The fourth-order valence-electron chi connectivity index (χ4n) is 2.98. The second kappa shape index (κ2) is 8.35. The van der Waals surface area contributed by atoms with E-state index in [9.17, 15) is 14.9 Å². The highest BCUT2D eigenvalue weighted by Gasteiger charge is 2.18. The zero-order valence-electron chi connectivity index (χ0n) is 15.8. The lowest BCUT2D eigenvalue weighted by Gasteiger charge is -2.09. The summed E-state index contributed by atoms with van der Waals surface area (Å²) in [5.41, 5.74) is 2.36. The molecule has 4 aromatic rings. The Morgan fingerprint density at radius 3 is 2.53 bits per heavy atom. The van der Waals surface area contributed by atoms with Gasteiger partial charge in [0.1, 0.15) is 18.3 Å². The van der Waals surface area contributed by atoms with E-state index in [0.29, 0.717) is 18.8 Å². The van der Waals surface area contributed by atoms with E-state index in [1.807, 2.05) is 24.3 Å². The molecule has 2 heterocycles. The summed E-state index contributed by atoms with van der Waals surface area (Å²) < 4.78 is 3.25. The summed E-state index contributed by atoms with van der Waals surface area (Å²) >= 11 is 0. The molecule has 2 aromatic carbocycles. The van der Waals surface area contributed by atoms with Crippen molar-refractivity contribution in [2.75, 3.05) is 0 Å². The molecule has 10 heteroatoms. The number of imidazole rings is 1. The molecule has 1 N–H and O–H groups in total. The maximum atomic E-state index is 12.5. The minimum absolute atomic E-state index is 0.168. The van der Waals surface area contributed by atoms with Crippen molar-refractivity contribution in [1.82, 2.24) is 29.6 Å². The standard InChI is InChI=1S/C20H17N7O3/c28-20(17-5-6-18(19(9-17)27(29)30)25-8-7-21-13-25)23-10-15-1-3-16(4-2-15)11-26-14-22-12-24-26/h1-9,12-14H,10-11H2,(H,23,28). The molecule has 2 aromatic heterocycles. The van der Waals surface area contributed by atoms with Gasteiger partial charge in [-0.2, -0.15) is 5.10 Å². The van der Waals surface area contributed by atoms with E-state index < -0.39 is 4.92 Å². The topological polar surface area (TPSA) is 121 Å². The normalized spacial score (nSPS) is 10.7. The summed E-state index contributed by atoms with van der Waals surface area (Å²) in [6.07, 6.45) is 7.73. The van der Waals surface area contributed by atoms with Gasteiger partial charge in [0.15, 0.2) is 0 Å². The van der Waals surface area contributed by atoms with Crippen molar-refractivity contribution in [3.63, 3.8) is 0 Å². The molecule has 0 saturated carbocycles. The molecule has 0 saturated heterocycles. The molecular formula is C20H17N7O3. The van der Waals surface area contributed by atoms with Gasteiger partial charge in [-0.25, -0.2) is 14.6 Å². The summed E-state index contributed by atoms with van der Waals surface area (Å²) in [5, 5.41) is 18.3. The van der Waals surface area contributed by atoms with Crippen molar-refractivity contribution in [3.05, 3.63) is 101 Å². The van der Waals surface area contributed by atoms with Crippen molar-refractivity contribution in [1.29, 1.82) is 0 Å². The molecule has 4 rings (SSSR count). The van der Waals surface area contributed by atoms with Crippen LogP contribution in [0.15, 0.2) is 73.8 Å². The highest BCUT2D eigenvalue weighted by atomic mass is 16.6. The zero-order chi connectivity index (χ0) is 20.9. The second-order valence-corrected chi connectivity index (χ2v) is 6.52. The Morgan fingerprint density at radius 2 is 1.87 bits per heavy atom. The predicted octanol–water partition coefficient (Wildman–Crippen LogP) is 2.35. The van der Waals surface area contributed by atoms with E-state index in [2.05, 4.69) is 20.4 Å². The van der Waals surface area contributed by atoms with Gasteiger partial charge in [0.25, 0.3) is 11.6 Å². The van der Waals surface area contributed by atoms with Gasteiger partial charge in [-0.3, -0.25) is 14.9 Å². The van der Waals surface area contributed by atoms with Gasteiger partial charge in [-0.15, -0.1) is 0 Å². The lowest BCUT2D eigenvalue weighted by Crippen LogP contribution is -2.23. The minimum Gasteiger partial charge on any atom is -0.348 e. The quantitative estimate of drug-likeness (QED) is 0.373. The van der Waals surface area contributed by atoms with E-state index in [1.54, 1.807) is 23.3 Å². The SMILES string of the molecule is O=C(NCc1ccc(Cn2cncn2)cc1)c1ccc(-n2ccnc2)c([N+](=O)[O-])c1. The van der Waals surface area contributed by atoms with Crippen molar-refractivity contribution in [2.24, 2.45) is 0 Å². The smallest absolute Gasteiger partial charge is 0.294 e. The number of carbonyl (C=O) groups is 1. The van der Waals surface area contributed by atoms with E-state index in [4.69, 9.17) is 0 Å². The lowest BCUT2D eigenvalue weighted by molar-refractivity contribution is -0.384. The van der Waals surface area contributed by atoms with Crippen LogP contribution in [0.5, 0.6) is 0 Å². The first kappa shape index (κ1) is 19.0. The fourth-order valence-corrected chi connectivity index (χ4v) is 2.98. The lowest BCUT2D eigenvalue weighted by atomic mass is 10.1. The first-order valence-electron chi connectivity index (χ1n) is 9.05.